The molecule has 0 bridgehead atoms. The van der Waals surface area contributed by atoms with E-state index in [1.807, 2.05) is 5.32 Å². The molecule has 0 aromatic heterocycles. The number of unbranched alkanes of at least 4 members (excludes halogenated alkanes) is 2. The summed E-state index contributed by atoms with van der Waals surface area (Å²) in [6, 6.07) is 8.64. The summed E-state index contributed by atoms with van der Waals surface area (Å²) < 4.78 is 27.1. The van der Waals surface area contributed by atoms with E-state index in [9.17, 15) is 18.4 Å². The molecule has 0 unspecified atom stereocenters. The molecule has 0 radical (unpaired) electrons. The third kappa shape index (κ3) is 6.46. The van der Waals surface area contributed by atoms with Crippen LogP contribution in [0.3, 0.4) is 0 Å². The lowest BCUT2D eigenvalue weighted by atomic mass is 10.2. The molecule has 28 heavy (non-hydrogen) atoms. The van der Waals surface area contributed by atoms with E-state index in [-0.39, 0.29) is 0 Å². The minimum absolute atomic E-state index is 0.389. The molecule has 0 heterocycles. The molecule has 0 fully saturated rings. The highest BCUT2D eigenvalue weighted by atomic mass is 19.1. The first-order valence-corrected chi connectivity index (χ1v) is 8.83. The Morgan fingerprint density at radius 3 is 2.39 bits per heavy atom. The van der Waals surface area contributed by atoms with Crippen molar-refractivity contribution in [1.82, 2.24) is 5.32 Å². The second kappa shape index (κ2) is 10.8. The van der Waals surface area contributed by atoms with E-state index >= 15 is 0 Å². The molecule has 2 rings (SSSR count). The van der Waals surface area contributed by atoms with Gasteiger partial charge in [-0.3, -0.25) is 10.1 Å². The van der Waals surface area contributed by atoms with E-state index in [2.05, 4.69) is 17.4 Å². The van der Waals surface area contributed by atoms with Crippen LogP contribution in [0.4, 0.5) is 19.3 Å². The number of anilines is 1. The van der Waals surface area contributed by atoms with Crippen LogP contribution in [0.15, 0.2) is 47.6 Å². The predicted molar refractivity (Wildman–Crippen MR) is 102 cm³/mol. The highest BCUT2D eigenvalue weighted by molar-refractivity contribution is 6.08. The maximum atomic E-state index is 13.6. The Bertz CT molecular complexity index is 819. The summed E-state index contributed by atoms with van der Waals surface area (Å²) in [4.78, 5) is 28.9. The molecule has 6 nitrogen and oxygen atoms in total. The number of hydrogen-bond acceptors (Lipinski definition) is 4. The van der Waals surface area contributed by atoms with Gasteiger partial charge in [0, 0.05) is 5.69 Å². The summed E-state index contributed by atoms with van der Waals surface area (Å²) in [5.41, 5.74) is 0.328. The fourth-order valence-corrected chi connectivity index (χ4v) is 2.26. The molecule has 0 saturated carbocycles. The Morgan fingerprint density at radius 2 is 1.75 bits per heavy atom. The highest BCUT2D eigenvalue weighted by Gasteiger charge is 2.19. The summed E-state index contributed by atoms with van der Waals surface area (Å²) in [7, 11) is 0. The van der Waals surface area contributed by atoms with E-state index in [1.165, 1.54) is 0 Å². The van der Waals surface area contributed by atoms with Gasteiger partial charge in [0.2, 0.25) is 0 Å². The van der Waals surface area contributed by atoms with Gasteiger partial charge in [-0.25, -0.2) is 13.6 Å². The maximum absolute atomic E-state index is 13.6. The van der Waals surface area contributed by atoms with Crippen molar-refractivity contribution in [2.75, 3.05) is 11.9 Å². The van der Waals surface area contributed by atoms with Crippen LogP contribution in [0.1, 0.15) is 42.1 Å². The molecule has 2 aromatic rings. The van der Waals surface area contributed by atoms with Gasteiger partial charge in [0.25, 0.3) is 5.91 Å². The zero-order valence-electron chi connectivity index (χ0n) is 15.4. The fraction of sp³-hybridized carbons (Fsp3) is 0.250. The van der Waals surface area contributed by atoms with Gasteiger partial charge in [0.05, 0.1) is 6.21 Å². The number of imide groups is 1. The number of amides is 3. The largest absolute Gasteiger partial charge is 0.396 e. The van der Waals surface area contributed by atoms with Gasteiger partial charge in [-0.05, 0) is 36.2 Å². The second-order valence-electron chi connectivity index (χ2n) is 5.90. The van der Waals surface area contributed by atoms with E-state index in [0.717, 1.165) is 43.0 Å². The van der Waals surface area contributed by atoms with Crippen molar-refractivity contribution in [3.63, 3.8) is 0 Å². The summed E-state index contributed by atoms with van der Waals surface area (Å²) in [5.74, 6) is -3.27. The lowest BCUT2D eigenvalue weighted by Gasteiger charge is -2.08. The predicted octanol–water partition coefficient (Wildman–Crippen LogP) is 4.47. The minimum atomic E-state index is -1.17. The first-order chi connectivity index (χ1) is 13.5. The minimum Gasteiger partial charge on any atom is -0.396 e. The van der Waals surface area contributed by atoms with Crippen LogP contribution >= 0.6 is 0 Å². The number of carbonyl (C=O) groups is 2. The smallest absolute Gasteiger partial charge is 0.326 e. The van der Waals surface area contributed by atoms with Gasteiger partial charge in [-0.15, -0.1) is 0 Å². The van der Waals surface area contributed by atoms with Crippen molar-refractivity contribution in [2.24, 2.45) is 5.16 Å². The van der Waals surface area contributed by atoms with Crippen molar-refractivity contribution < 1.29 is 23.2 Å². The van der Waals surface area contributed by atoms with Gasteiger partial charge in [0.1, 0.15) is 23.8 Å². The molecule has 0 saturated heterocycles. The molecule has 3 amide bonds. The molecule has 0 aliphatic carbocycles. The number of carbonyl (C=O) groups excluding carboxylic acids is 2. The quantitative estimate of drug-likeness (QED) is 0.397. The van der Waals surface area contributed by atoms with Crippen molar-refractivity contribution in [3.8, 4) is 0 Å². The van der Waals surface area contributed by atoms with Crippen molar-refractivity contribution in [2.45, 2.75) is 26.2 Å². The Labute approximate surface area is 161 Å². The second-order valence-corrected chi connectivity index (χ2v) is 5.90. The molecule has 8 heteroatoms. The number of nitrogens with zero attached hydrogens (tertiary/aromatic N) is 1. The number of halogens is 2. The van der Waals surface area contributed by atoms with Gasteiger partial charge >= 0.3 is 6.03 Å². The zero-order chi connectivity index (χ0) is 20.4. The molecular formula is C20H21F2N3O3. The summed E-state index contributed by atoms with van der Waals surface area (Å²) in [6.45, 7) is 2.66. The standard InChI is InChI=1S/C20H21F2N3O3/c1-2-3-4-12-28-23-13-14-8-10-15(11-9-14)24-20(27)25-19(26)18-16(21)6-5-7-17(18)22/h5-11,13H,2-4,12H2,1H3,(H2,24,25,26,27)/b23-13+. The Hall–Kier alpha value is -3.29. The first kappa shape index (κ1) is 21.0. The lowest BCUT2D eigenvalue weighted by molar-refractivity contribution is 0.0959. The number of urea groups is 1. The molecule has 0 aliphatic heterocycles. The molecule has 0 atom stereocenters. The number of benzene rings is 2. The van der Waals surface area contributed by atoms with E-state index < -0.39 is 29.1 Å². The van der Waals surface area contributed by atoms with Crippen molar-refractivity contribution in [1.29, 1.82) is 0 Å². The van der Waals surface area contributed by atoms with Crippen LogP contribution in [0.2, 0.25) is 0 Å². The van der Waals surface area contributed by atoms with Crippen LogP contribution in [0.25, 0.3) is 0 Å². The Kier molecular flexibility index (Phi) is 8.08. The Balaban J connectivity index is 1.85. The third-order valence-electron chi connectivity index (χ3n) is 3.70. The van der Waals surface area contributed by atoms with E-state index in [1.54, 1.807) is 30.5 Å². The number of rotatable bonds is 8. The summed E-state index contributed by atoms with van der Waals surface area (Å²) >= 11 is 0. The van der Waals surface area contributed by atoms with Gasteiger partial charge in [0.15, 0.2) is 0 Å². The van der Waals surface area contributed by atoms with Crippen LogP contribution in [-0.4, -0.2) is 24.8 Å². The van der Waals surface area contributed by atoms with Gasteiger partial charge in [-0.2, -0.15) is 0 Å². The third-order valence-corrected chi connectivity index (χ3v) is 3.70. The first-order valence-electron chi connectivity index (χ1n) is 8.83. The molecule has 0 aliphatic rings. The maximum Gasteiger partial charge on any atom is 0.326 e. The topological polar surface area (TPSA) is 79.8 Å². The number of hydrogen-bond donors (Lipinski definition) is 2. The number of oxime groups is 1. The normalized spacial score (nSPS) is 10.7. The van der Waals surface area contributed by atoms with Crippen molar-refractivity contribution in [3.05, 3.63) is 65.2 Å². The molecule has 2 aromatic carbocycles. The fourth-order valence-electron chi connectivity index (χ4n) is 2.26. The molecule has 0 spiro atoms. The Morgan fingerprint density at radius 1 is 1.07 bits per heavy atom. The van der Waals surface area contributed by atoms with E-state index in [0.29, 0.717) is 12.3 Å². The molecule has 2 N–H and O–H groups in total. The zero-order valence-corrected chi connectivity index (χ0v) is 15.4. The van der Waals surface area contributed by atoms with Gasteiger partial charge in [-0.1, -0.05) is 43.1 Å². The van der Waals surface area contributed by atoms with Crippen LogP contribution in [0, 0.1) is 11.6 Å². The molecule has 148 valence electrons. The lowest BCUT2D eigenvalue weighted by Crippen LogP contribution is -2.35. The van der Waals surface area contributed by atoms with E-state index in [4.69, 9.17) is 4.84 Å². The van der Waals surface area contributed by atoms with Crippen LogP contribution in [0.5, 0.6) is 0 Å². The average molecular weight is 389 g/mol. The number of nitrogens with one attached hydrogen (secondary N) is 2. The monoisotopic (exact) mass is 389 g/mol. The molecular weight excluding hydrogens is 368 g/mol. The van der Waals surface area contributed by atoms with Gasteiger partial charge < -0.3 is 10.2 Å². The van der Waals surface area contributed by atoms with Crippen LogP contribution < -0.4 is 10.6 Å². The van der Waals surface area contributed by atoms with Crippen LogP contribution in [-0.2, 0) is 4.84 Å². The highest BCUT2D eigenvalue weighted by Crippen LogP contribution is 2.12. The van der Waals surface area contributed by atoms with Crippen molar-refractivity contribution >= 4 is 23.8 Å². The summed E-state index contributed by atoms with van der Waals surface area (Å²) in [6.07, 6.45) is 4.68. The SMILES string of the molecule is CCCCCO/N=C/c1ccc(NC(=O)NC(=O)c2c(F)cccc2F)cc1. The summed E-state index contributed by atoms with van der Waals surface area (Å²) in [5, 5.41) is 8.14. The average Bonchev–Trinajstić information content (AvgIpc) is 2.65.